The third-order valence-electron chi connectivity index (χ3n) is 2.33. The normalized spacial score (nSPS) is 21.4. The van der Waals surface area contributed by atoms with Crippen LogP contribution in [0.25, 0.3) is 0 Å². The summed E-state index contributed by atoms with van der Waals surface area (Å²) in [6, 6.07) is 0.539. The fourth-order valence-corrected chi connectivity index (χ4v) is 2.28. The van der Waals surface area contributed by atoms with Gasteiger partial charge in [-0.1, -0.05) is 6.92 Å². The van der Waals surface area contributed by atoms with Crippen LogP contribution in [0.3, 0.4) is 0 Å². The van der Waals surface area contributed by atoms with Crippen LogP contribution in [0, 0.1) is 0 Å². The Bertz CT molecular complexity index is 280. The van der Waals surface area contributed by atoms with Crippen LogP contribution in [-0.4, -0.2) is 28.5 Å². The summed E-state index contributed by atoms with van der Waals surface area (Å²) in [6.07, 6.45) is 3.28. The molecule has 1 aromatic heterocycles. The molecule has 1 unspecified atom stereocenters. The second-order valence-electron chi connectivity index (χ2n) is 3.60. The van der Waals surface area contributed by atoms with Gasteiger partial charge < -0.3 is 10.6 Å². The second-order valence-corrected chi connectivity index (χ2v) is 4.35. The Hall–Kier alpha value is -0.680. The lowest BCUT2D eigenvalue weighted by molar-refractivity contribution is 0.788. The highest BCUT2D eigenvalue weighted by atomic mass is 32.1. The van der Waals surface area contributed by atoms with E-state index in [0.717, 1.165) is 36.9 Å². The van der Waals surface area contributed by atoms with Gasteiger partial charge in [-0.3, -0.25) is 0 Å². The second kappa shape index (κ2) is 4.70. The Kier molecular flexibility index (Phi) is 3.31. The van der Waals surface area contributed by atoms with Gasteiger partial charge in [-0.2, -0.15) is 4.37 Å². The van der Waals surface area contributed by atoms with Crippen molar-refractivity contribution in [2.75, 3.05) is 18.4 Å². The van der Waals surface area contributed by atoms with Crippen molar-refractivity contribution in [1.82, 2.24) is 14.7 Å². The third kappa shape index (κ3) is 2.42. The quantitative estimate of drug-likeness (QED) is 0.789. The Morgan fingerprint density at radius 1 is 1.64 bits per heavy atom. The van der Waals surface area contributed by atoms with Crippen LogP contribution in [0.4, 0.5) is 5.13 Å². The van der Waals surface area contributed by atoms with E-state index in [2.05, 4.69) is 26.9 Å². The van der Waals surface area contributed by atoms with Crippen LogP contribution >= 0.6 is 11.5 Å². The van der Waals surface area contributed by atoms with E-state index in [4.69, 9.17) is 0 Å². The maximum Gasteiger partial charge on any atom is 0.202 e. The van der Waals surface area contributed by atoms with E-state index in [1.165, 1.54) is 18.0 Å². The van der Waals surface area contributed by atoms with Crippen molar-refractivity contribution < 1.29 is 0 Å². The molecular formula is C9H16N4S. The number of hydrogen-bond donors (Lipinski definition) is 2. The van der Waals surface area contributed by atoms with Gasteiger partial charge in [0.2, 0.25) is 5.13 Å². The molecule has 14 heavy (non-hydrogen) atoms. The van der Waals surface area contributed by atoms with Gasteiger partial charge in [0.15, 0.2) is 0 Å². The predicted molar refractivity (Wildman–Crippen MR) is 58.8 cm³/mol. The summed E-state index contributed by atoms with van der Waals surface area (Å²) in [6.45, 7) is 4.30. The van der Waals surface area contributed by atoms with E-state index in [1.54, 1.807) is 0 Å². The number of hydrogen-bond acceptors (Lipinski definition) is 5. The molecule has 1 atom stereocenters. The molecule has 5 heteroatoms. The van der Waals surface area contributed by atoms with Crippen molar-refractivity contribution in [2.24, 2.45) is 0 Å². The zero-order chi connectivity index (χ0) is 9.80. The average Bonchev–Trinajstić information content (AvgIpc) is 2.79. The Morgan fingerprint density at radius 3 is 3.29 bits per heavy atom. The van der Waals surface area contributed by atoms with Crippen LogP contribution in [0.15, 0.2) is 0 Å². The van der Waals surface area contributed by atoms with Gasteiger partial charge in [-0.05, 0) is 19.4 Å². The minimum atomic E-state index is 0.539. The van der Waals surface area contributed by atoms with Crippen molar-refractivity contribution in [3.05, 3.63) is 5.82 Å². The molecule has 2 rings (SSSR count). The summed E-state index contributed by atoms with van der Waals surface area (Å²) in [5.74, 6) is 0.978. The minimum Gasteiger partial charge on any atom is -0.356 e. The molecule has 1 aliphatic rings. The van der Waals surface area contributed by atoms with Crippen molar-refractivity contribution in [3.63, 3.8) is 0 Å². The van der Waals surface area contributed by atoms with Crippen LogP contribution in [-0.2, 0) is 6.42 Å². The number of aryl methyl sites for hydroxylation is 1. The first-order valence-corrected chi connectivity index (χ1v) is 5.95. The topological polar surface area (TPSA) is 49.8 Å². The van der Waals surface area contributed by atoms with Crippen molar-refractivity contribution in [3.8, 4) is 0 Å². The van der Waals surface area contributed by atoms with Gasteiger partial charge >= 0.3 is 0 Å². The first kappa shape index (κ1) is 9.86. The van der Waals surface area contributed by atoms with Gasteiger partial charge in [0.25, 0.3) is 0 Å². The SMILES string of the molecule is CCCc1nsc(NC2CCNC2)n1. The minimum absolute atomic E-state index is 0.539. The fraction of sp³-hybridized carbons (Fsp3) is 0.778. The molecule has 0 aromatic carbocycles. The average molecular weight is 212 g/mol. The van der Waals surface area contributed by atoms with Crippen LogP contribution in [0.2, 0.25) is 0 Å². The molecule has 1 fully saturated rings. The summed E-state index contributed by atoms with van der Waals surface area (Å²) in [5.41, 5.74) is 0. The lowest BCUT2D eigenvalue weighted by atomic mass is 10.3. The highest BCUT2D eigenvalue weighted by Gasteiger charge is 2.15. The van der Waals surface area contributed by atoms with Gasteiger partial charge in [0.1, 0.15) is 5.82 Å². The molecule has 0 bridgehead atoms. The molecule has 0 spiro atoms. The molecule has 0 aliphatic carbocycles. The maximum absolute atomic E-state index is 4.43. The summed E-state index contributed by atoms with van der Waals surface area (Å²) < 4.78 is 4.30. The molecule has 2 N–H and O–H groups in total. The third-order valence-corrected chi connectivity index (χ3v) is 3.01. The molecule has 1 saturated heterocycles. The van der Waals surface area contributed by atoms with E-state index in [1.807, 2.05) is 0 Å². The lowest BCUT2D eigenvalue weighted by Gasteiger charge is -2.07. The summed E-state index contributed by atoms with van der Waals surface area (Å²) in [4.78, 5) is 4.43. The van der Waals surface area contributed by atoms with Gasteiger partial charge in [-0.25, -0.2) is 4.98 Å². The number of rotatable bonds is 4. The summed E-state index contributed by atoms with van der Waals surface area (Å²) in [5, 5.41) is 7.69. The van der Waals surface area contributed by atoms with Gasteiger partial charge in [-0.15, -0.1) is 0 Å². The molecular weight excluding hydrogens is 196 g/mol. The molecule has 2 heterocycles. The smallest absolute Gasteiger partial charge is 0.202 e. The highest BCUT2D eigenvalue weighted by molar-refractivity contribution is 7.09. The number of nitrogens with zero attached hydrogens (tertiary/aromatic N) is 2. The van der Waals surface area contributed by atoms with Crippen molar-refractivity contribution >= 4 is 16.7 Å². The Labute approximate surface area is 88.3 Å². The maximum atomic E-state index is 4.43. The van der Waals surface area contributed by atoms with Crippen LogP contribution < -0.4 is 10.6 Å². The zero-order valence-electron chi connectivity index (χ0n) is 8.42. The molecule has 0 saturated carbocycles. The zero-order valence-corrected chi connectivity index (χ0v) is 9.23. The first-order valence-electron chi connectivity index (χ1n) is 5.18. The molecule has 4 nitrogen and oxygen atoms in total. The van der Waals surface area contributed by atoms with Crippen LogP contribution in [0.5, 0.6) is 0 Å². The van der Waals surface area contributed by atoms with Gasteiger partial charge in [0.05, 0.1) is 0 Å². The van der Waals surface area contributed by atoms with E-state index >= 15 is 0 Å². The first-order chi connectivity index (χ1) is 6.88. The van der Waals surface area contributed by atoms with Crippen molar-refractivity contribution in [1.29, 1.82) is 0 Å². The Morgan fingerprint density at radius 2 is 2.57 bits per heavy atom. The largest absolute Gasteiger partial charge is 0.356 e. The van der Waals surface area contributed by atoms with Gasteiger partial charge in [0, 0.05) is 30.5 Å². The van der Waals surface area contributed by atoms with Crippen LogP contribution in [0.1, 0.15) is 25.6 Å². The molecule has 1 aliphatic heterocycles. The molecule has 78 valence electrons. The predicted octanol–water partition coefficient (Wildman–Crippen LogP) is 1.26. The van der Waals surface area contributed by atoms with E-state index < -0.39 is 0 Å². The van der Waals surface area contributed by atoms with E-state index in [-0.39, 0.29) is 0 Å². The standard InChI is InChI=1S/C9H16N4S/c1-2-3-8-12-9(14-13-8)11-7-4-5-10-6-7/h7,10H,2-6H2,1H3,(H,11,12,13). The highest BCUT2D eigenvalue weighted by Crippen LogP contribution is 2.15. The monoisotopic (exact) mass is 212 g/mol. The number of anilines is 1. The molecule has 1 aromatic rings. The summed E-state index contributed by atoms with van der Waals surface area (Å²) >= 11 is 1.48. The Balaban J connectivity index is 1.88. The summed E-state index contributed by atoms with van der Waals surface area (Å²) in [7, 11) is 0. The fourth-order valence-electron chi connectivity index (χ4n) is 1.59. The number of nitrogens with one attached hydrogen (secondary N) is 2. The van der Waals surface area contributed by atoms with Crippen molar-refractivity contribution in [2.45, 2.75) is 32.2 Å². The van der Waals surface area contributed by atoms with E-state index in [0.29, 0.717) is 6.04 Å². The molecule has 0 amide bonds. The molecule has 0 radical (unpaired) electrons. The van der Waals surface area contributed by atoms with E-state index in [9.17, 15) is 0 Å². The lowest BCUT2D eigenvalue weighted by Crippen LogP contribution is -2.21. The number of aromatic nitrogens is 2.